The molecule has 0 saturated carbocycles. The Morgan fingerprint density at radius 1 is 1.31 bits per heavy atom. The maximum absolute atomic E-state index is 10.6. The third-order valence-electron chi connectivity index (χ3n) is 2.05. The Balaban J connectivity index is 2.19. The standard InChI is InChI=1S/C8H10N2O5S/c9-6-1-2-7(10)5(3-6)4-8(11)14-16(12,13)15-8/h1-3,11H,4,9-10H2. The Morgan fingerprint density at radius 2 is 1.94 bits per heavy atom. The molecule has 0 radical (unpaired) electrons. The highest BCUT2D eigenvalue weighted by Gasteiger charge is 2.51. The fourth-order valence-electron chi connectivity index (χ4n) is 1.40. The molecule has 88 valence electrons. The van der Waals surface area contributed by atoms with E-state index in [0.717, 1.165) is 0 Å². The van der Waals surface area contributed by atoms with Crippen LogP contribution in [0.3, 0.4) is 0 Å². The van der Waals surface area contributed by atoms with Gasteiger partial charge in [-0.25, -0.2) is 0 Å². The van der Waals surface area contributed by atoms with Crippen LogP contribution in [0.1, 0.15) is 5.56 Å². The zero-order valence-electron chi connectivity index (χ0n) is 8.08. The van der Waals surface area contributed by atoms with Crippen molar-refractivity contribution in [3.8, 4) is 0 Å². The molecule has 8 heteroatoms. The molecular formula is C8H10N2O5S. The van der Waals surface area contributed by atoms with E-state index in [9.17, 15) is 13.5 Å². The molecule has 0 bridgehead atoms. The van der Waals surface area contributed by atoms with Crippen molar-refractivity contribution in [1.29, 1.82) is 0 Å². The number of benzene rings is 1. The van der Waals surface area contributed by atoms with Crippen LogP contribution in [0.25, 0.3) is 0 Å². The van der Waals surface area contributed by atoms with Crippen LogP contribution in [0.15, 0.2) is 18.2 Å². The fraction of sp³-hybridized carbons (Fsp3) is 0.250. The van der Waals surface area contributed by atoms with Crippen molar-refractivity contribution >= 4 is 21.8 Å². The van der Waals surface area contributed by atoms with E-state index < -0.39 is 16.4 Å². The second-order valence-electron chi connectivity index (χ2n) is 3.42. The van der Waals surface area contributed by atoms with Crippen LogP contribution in [0.2, 0.25) is 0 Å². The molecule has 0 unspecified atom stereocenters. The van der Waals surface area contributed by atoms with E-state index in [1.54, 1.807) is 12.1 Å². The first kappa shape index (κ1) is 11.1. The number of nitrogens with two attached hydrogens (primary N) is 2. The van der Waals surface area contributed by atoms with Gasteiger partial charge in [0.15, 0.2) is 0 Å². The molecule has 1 aromatic carbocycles. The van der Waals surface area contributed by atoms with Crippen molar-refractivity contribution in [2.75, 3.05) is 11.5 Å². The van der Waals surface area contributed by atoms with Crippen molar-refractivity contribution in [1.82, 2.24) is 0 Å². The average molecular weight is 246 g/mol. The number of aliphatic hydroxyl groups is 1. The van der Waals surface area contributed by atoms with Crippen molar-refractivity contribution in [2.24, 2.45) is 0 Å². The van der Waals surface area contributed by atoms with Gasteiger partial charge in [-0.1, -0.05) is 0 Å². The molecule has 16 heavy (non-hydrogen) atoms. The Bertz CT molecular complexity index is 515. The second kappa shape index (κ2) is 3.32. The van der Waals surface area contributed by atoms with E-state index >= 15 is 0 Å². The normalized spacial score (nSPS) is 21.3. The topological polar surface area (TPSA) is 125 Å². The molecule has 1 aliphatic heterocycles. The lowest BCUT2D eigenvalue weighted by atomic mass is 10.1. The molecule has 1 heterocycles. The molecule has 0 amide bonds. The molecular weight excluding hydrogens is 236 g/mol. The lowest BCUT2D eigenvalue weighted by Crippen LogP contribution is -2.51. The molecule has 1 aromatic rings. The number of rotatable bonds is 2. The Labute approximate surface area is 91.9 Å². The number of anilines is 2. The van der Waals surface area contributed by atoms with Gasteiger partial charge in [-0.3, -0.25) is 0 Å². The minimum Gasteiger partial charge on any atom is -0.399 e. The van der Waals surface area contributed by atoms with Gasteiger partial charge in [-0.05, 0) is 23.8 Å². The number of hydrogen-bond acceptors (Lipinski definition) is 7. The predicted molar refractivity (Wildman–Crippen MR) is 55.0 cm³/mol. The van der Waals surface area contributed by atoms with E-state index in [1.807, 2.05) is 0 Å². The summed E-state index contributed by atoms with van der Waals surface area (Å²) in [6.45, 7) is 0. The monoisotopic (exact) mass is 246 g/mol. The van der Waals surface area contributed by atoms with Gasteiger partial charge in [0.25, 0.3) is 0 Å². The minimum atomic E-state index is -4.05. The van der Waals surface area contributed by atoms with E-state index in [0.29, 0.717) is 16.9 Å². The van der Waals surface area contributed by atoms with Crippen molar-refractivity contribution in [3.05, 3.63) is 23.8 Å². The summed E-state index contributed by atoms with van der Waals surface area (Å²) in [6.07, 6.45) is -0.219. The number of nitrogen functional groups attached to an aromatic ring is 2. The summed E-state index contributed by atoms with van der Waals surface area (Å²) >= 11 is 0. The minimum absolute atomic E-state index is 0.219. The van der Waals surface area contributed by atoms with Crippen LogP contribution in [-0.4, -0.2) is 19.5 Å². The molecule has 2 rings (SSSR count). The highest BCUT2D eigenvalue weighted by molar-refractivity contribution is 7.82. The lowest BCUT2D eigenvalue weighted by molar-refractivity contribution is -0.324. The predicted octanol–water partition coefficient (Wildman–Crippen LogP) is -0.669. The summed E-state index contributed by atoms with van der Waals surface area (Å²) < 4.78 is 29.6. The van der Waals surface area contributed by atoms with Gasteiger partial charge in [0.1, 0.15) is 0 Å². The highest BCUT2D eigenvalue weighted by atomic mass is 32.3. The molecule has 1 aliphatic rings. The van der Waals surface area contributed by atoms with Crippen LogP contribution < -0.4 is 11.5 Å². The van der Waals surface area contributed by atoms with Gasteiger partial charge in [0.2, 0.25) is 0 Å². The summed E-state index contributed by atoms with van der Waals surface area (Å²) in [7, 11) is -4.05. The third kappa shape index (κ3) is 2.09. The first-order valence-electron chi connectivity index (χ1n) is 4.32. The Kier molecular flexibility index (Phi) is 2.31. The number of hydrogen-bond donors (Lipinski definition) is 3. The molecule has 0 aliphatic carbocycles. The van der Waals surface area contributed by atoms with E-state index in [4.69, 9.17) is 11.5 Å². The SMILES string of the molecule is Nc1ccc(N)c(CC2(O)OS(=O)(=O)O2)c1. The van der Waals surface area contributed by atoms with Gasteiger partial charge in [0.05, 0.1) is 6.42 Å². The molecule has 0 spiro atoms. The third-order valence-corrected chi connectivity index (χ3v) is 2.97. The van der Waals surface area contributed by atoms with Gasteiger partial charge in [-0.15, -0.1) is 0 Å². The summed E-state index contributed by atoms with van der Waals surface area (Å²) in [4.78, 5) is 0. The van der Waals surface area contributed by atoms with E-state index in [2.05, 4.69) is 8.37 Å². The molecule has 0 atom stereocenters. The fourth-order valence-corrected chi connectivity index (χ4v) is 2.17. The lowest BCUT2D eigenvalue weighted by Gasteiger charge is -2.33. The van der Waals surface area contributed by atoms with Crippen LogP contribution in [0.4, 0.5) is 11.4 Å². The van der Waals surface area contributed by atoms with Crippen molar-refractivity contribution < 1.29 is 21.9 Å². The molecule has 5 N–H and O–H groups in total. The van der Waals surface area contributed by atoms with E-state index in [1.165, 1.54) is 6.07 Å². The van der Waals surface area contributed by atoms with Gasteiger partial charge < -0.3 is 16.6 Å². The van der Waals surface area contributed by atoms with Crippen LogP contribution in [-0.2, 0) is 25.2 Å². The summed E-state index contributed by atoms with van der Waals surface area (Å²) in [5.74, 6) is -2.18. The van der Waals surface area contributed by atoms with Gasteiger partial charge >= 0.3 is 16.4 Å². The summed E-state index contributed by atoms with van der Waals surface area (Å²) in [5, 5.41) is 9.49. The summed E-state index contributed by atoms with van der Waals surface area (Å²) in [6, 6.07) is 4.63. The molecule has 1 fully saturated rings. The van der Waals surface area contributed by atoms with Gasteiger partial charge in [0, 0.05) is 11.4 Å². The van der Waals surface area contributed by atoms with Gasteiger partial charge in [-0.2, -0.15) is 16.8 Å². The second-order valence-corrected chi connectivity index (χ2v) is 4.57. The van der Waals surface area contributed by atoms with Crippen LogP contribution >= 0.6 is 0 Å². The maximum Gasteiger partial charge on any atom is 0.409 e. The quantitative estimate of drug-likeness (QED) is 0.591. The largest absolute Gasteiger partial charge is 0.409 e. The zero-order valence-corrected chi connectivity index (χ0v) is 8.90. The first-order valence-corrected chi connectivity index (χ1v) is 5.65. The molecule has 0 aromatic heterocycles. The van der Waals surface area contributed by atoms with Crippen molar-refractivity contribution in [2.45, 2.75) is 12.4 Å². The van der Waals surface area contributed by atoms with Crippen molar-refractivity contribution in [3.63, 3.8) is 0 Å². The van der Waals surface area contributed by atoms with Crippen LogP contribution in [0, 0.1) is 0 Å². The smallest absolute Gasteiger partial charge is 0.399 e. The first-order chi connectivity index (χ1) is 7.30. The van der Waals surface area contributed by atoms with E-state index in [-0.39, 0.29) is 6.42 Å². The van der Waals surface area contributed by atoms with Crippen LogP contribution in [0.5, 0.6) is 0 Å². The maximum atomic E-state index is 10.6. The molecule has 1 saturated heterocycles. The molecule has 7 nitrogen and oxygen atoms in total. The summed E-state index contributed by atoms with van der Waals surface area (Å²) in [5.41, 5.74) is 12.4. The Hall–Kier alpha value is -1.35. The zero-order chi connectivity index (χ0) is 12.0. The average Bonchev–Trinajstić information content (AvgIpc) is 2.07. The highest BCUT2D eigenvalue weighted by Crippen LogP contribution is 2.33. The Morgan fingerprint density at radius 3 is 2.50 bits per heavy atom.